The van der Waals surface area contributed by atoms with Crippen LogP contribution in [0.4, 0.5) is 11.5 Å². The highest BCUT2D eigenvalue weighted by Gasteiger charge is 2.17. The van der Waals surface area contributed by atoms with Gasteiger partial charge in [0.2, 0.25) is 0 Å². The van der Waals surface area contributed by atoms with Crippen LogP contribution in [0.3, 0.4) is 0 Å². The fraction of sp³-hybridized carbons (Fsp3) is 0.500. The first-order chi connectivity index (χ1) is 10.3. The van der Waals surface area contributed by atoms with Crippen LogP contribution in [-0.4, -0.2) is 38.6 Å². The van der Waals surface area contributed by atoms with E-state index in [1.165, 1.54) is 24.4 Å². The number of rotatable bonds is 4. The van der Waals surface area contributed by atoms with Gasteiger partial charge in [-0.25, -0.2) is 4.98 Å². The van der Waals surface area contributed by atoms with Crippen LogP contribution in [0.5, 0.6) is 0 Å². The van der Waals surface area contributed by atoms with Gasteiger partial charge in [-0.15, -0.1) is 5.10 Å². The molecule has 0 spiro atoms. The highest BCUT2D eigenvalue weighted by molar-refractivity contribution is 7.03. The molecule has 1 aliphatic rings. The highest BCUT2D eigenvalue weighted by Crippen LogP contribution is 2.18. The van der Waals surface area contributed by atoms with Crippen LogP contribution < -0.4 is 11.1 Å². The minimum atomic E-state index is 0.494. The first-order valence-electron chi connectivity index (χ1n) is 7.26. The van der Waals surface area contributed by atoms with Gasteiger partial charge in [0, 0.05) is 24.5 Å². The predicted molar refractivity (Wildman–Crippen MR) is 85.1 cm³/mol. The quantitative estimate of drug-likeness (QED) is 0.899. The van der Waals surface area contributed by atoms with Crippen LogP contribution in [0, 0.1) is 0 Å². The summed E-state index contributed by atoms with van der Waals surface area (Å²) in [5, 5.41) is 9.71. The smallest absolute Gasteiger partial charge is 0.123 e. The lowest BCUT2D eigenvalue weighted by Crippen LogP contribution is -2.26. The Hall–Kier alpha value is -1.73. The van der Waals surface area contributed by atoms with E-state index in [-0.39, 0.29) is 0 Å². The maximum Gasteiger partial charge on any atom is 0.123 e. The van der Waals surface area contributed by atoms with Gasteiger partial charge in [-0.2, -0.15) is 0 Å². The molecule has 3 heterocycles. The number of pyridine rings is 1. The van der Waals surface area contributed by atoms with Gasteiger partial charge >= 0.3 is 0 Å². The lowest BCUT2D eigenvalue weighted by Gasteiger charge is -2.19. The second-order valence-electron chi connectivity index (χ2n) is 5.42. The summed E-state index contributed by atoms with van der Waals surface area (Å²) in [6.45, 7) is 3.11. The van der Waals surface area contributed by atoms with Gasteiger partial charge in [0.15, 0.2) is 0 Å². The molecule has 0 aliphatic carbocycles. The molecule has 0 aromatic carbocycles. The van der Waals surface area contributed by atoms with Crippen molar-refractivity contribution in [2.24, 2.45) is 0 Å². The van der Waals surface area contributed by atoms with Crippen LogP contribution in [0.25, 0.3) is 0 Å². The second-order valence-corrected chi connectivity index (χ2v) is 6.03. The number of nitrogens with one attached hydrogen (secondary N) is 1. The zero-order chi connectivity index (χ0) is 14.5. The van der Waals surface area contributed by atoms with Crippen molar-refractivity contribution < 1.29 is 0 Å². The van der Waals surface area contributed by atoms with E-state index in [0.717, 1.165) is 37.4 Å². The average molecular weight is 304 g/mol. The Morgan fingerprint density at radius 2 is 2.29 bits per heavy atom. The number of nitrogen functional groups attached to an aromatic ring is 1. The molecule has 1 aliphatic heterocycles. The van der Waals surface area contributed by atoms with Crippen molar-refractivity contribution in [1.29, 1.82) is 0 Å². The molecule has 112 valence electrons. The SMILES string of the molecule is Nc1ccc(NC2CCCN(Cc3csnn3)CC2)cn1. The van der Waals surface area contributed by atoms with Gasteiger partial charge in [0.1, 0.15) is 5.82 Å². The van der Waals surface area contributed by atoms with Crippen LogP contribution in [0.1, 0.15) is 25.0 Å². The normalized spacial score (nSPS) is 20.1. The molecular formula is C14H20N6S. The first kappa shape index (κ1) is 14.2. The monoisotopic (exact) mass is 304 g/mol. The molecule has 6 nitrogen and oxygen atoms in total. The van der Waals surface area contributed by atoms with E-state index in [1.807, 2.05) is 17.5 Å². The molecule has 0 bridgehead atoms. The molecule has 1 saturated heterocycles. The summed E-state index contributed by atoms with van der Waals surface area (Å²) in [7, 11) is 0. The van der Waals surface area contributed by atoms with E-state index < -0.39 is 0 Å². The Balaban J connectivity index is 1.52. The Morgan fingerprint density at radius 3 is 3.05 bits per heavy atom. The molecular weight excluding hydrogens is 284 g/mol. The summed E-state index contributed by atoms with van der Waals surface area (Å²) in [6, 6.07) is 4.32. The molecule has 7 heteroatoms. The average Bonchev–Trinajstić information content (AvgIpc) is 2.89. The number of nitrogens with two attached hydrogens (primary N) is 1. The highest BCUT2D eigenvalue weighted by atomic mass is 32.1. The zero-order valence-corrected chi connectivity index (χ0v) is 12.7. The van der Waals surface area contributed by atoms with Gasteiger partial charge in [-0.05, 0) is 49.5 Å². The summed E-state index contributed by atoms with van der Waals surface area (Å²) < 4.78 is 3.92. The summed E-state index contributed by atoms with van der Waals surface area (Å²) >= 11 is 1.42. The van der Waals surface area contributed by atoms with E-state index in [2.05, 4.69) is 24.8 Å². The van der Waals surface area contributed by atoms with Gasteiger partial charge in [0.25, 0.3) is 0 Å². The molecule has 1 unspecified atom stereocenters. The third-order valence-corrected chi connectivity index (χ3v) is 4.32. The van der Waals surface area contributed by atoms with Gasteiger partial charge in [-0.1, -0.05) is 4.49 Å². The van der Waals surface area contributed by atoms with Crippen molar-refractivity contribution in [2.75, 3.05) is 24.1 Å². The second kappa shape index (κ2) is 6.82. The minimum Gasteiger partial charge on any atom is -0.384 e. The molecule has 21 heavy (non-hydrogen) atoms. The van der Waals surface area contributed by atoms with Gasteiger partial charge < -0.3 is 11.1 Å². The van der Waals surface area contributed by atoms with E-state index in [1.54, 1.807) is 6.20 Å². The maximum atomic E-state index is 5.61. The van der Waals surface area contributed by atoms with Gasteiger partial charge in [0.05, 0.1) is 17.6 Å². The van der Waals surface area contributed by atoms with Crippen molar-refractivity contribution in [2.45, 2.75) is 31.8 Å². The Bertz CT molecular complexity index is 541. The minimum absolute atomic E-state index is 0.494. The van der Waals surface area contributed by atoms with Crippen LogP contribution in [0.15, 0.2) is 23.7 Å². The van der Waals surface area contributed by atoms with Crippen molar-refractivity contribution in [3.05, 3.63) is 29.4 Å². The van der Waals surface area contributed by atoms with E-state index in [9.17, 15) is 0 Å². The predicted octanol–water partition coefficient (Wildman–Crippen LogP) is 1.98. The molecule has 0 amide bonds. The first-order valence-corrected chi connectivity index (χ1v) is 8.09. The number of hydrogen-bond donors (Lipinski definition) is 2. The molecule has 3 rings (SSSR count). The number of anilines is 2. The summed E-state index contributed by atoms with van der Waals surface area (Å²) in [6.07, 6.45) is 5.30. The Labute approximate surface area is 128 Å². The van der Waals surface area contributed by atoms with Crippen LogP contribution >= 0.6 is 11.5 Å². The third-order valence-electron chi connectivity index (χ3n) is 3.77. The zero-order valence-electron chi connectivity index (χ0n) is 11.9. The number of likely N-dealkylation sites (tertiary alicyclic amines) is 1. The van der Waals surface area contributed by atoms with Crippen molar-refractivity contribution >= 4 is 23.0 Å². The molecule has 2 aromatic rings. The molecule has 2 aromatic heterocycles. The Kier molecular flexibility index (Phi) is 4.62. The number of aromatic nitrogens is 3. The topological polar surface area (TPSA) is 80.0 Å². The number of nitrogens with zero attached hydrogens (tertiary/aromatic N) is 4. The molecule has 1 fully saturated rings. The van der Waals surface area contributed by atoms with Crippen molar-refractivity contribution in [3.8, 4) is 0 Å². The number of hydrogen-bond acceptors (Lipinski definition) is 7. The fourth-order valence-electron chi connectivity index (χ4n) is 2.67. The largest absolute Gasteiger partial charge is 0.384 e. The van der Waals surface area contributed by atoms with E-state index in [0.29, 0.717) is 11.9 Å². The van der Waals surface area contributed by atoms with Crippen LogP contribution in [-0.2, 0) is 6.54 Å². The molecule has 0 radical (unpaired) electrons. The third kappa shape index (κ3) is 4.12. The molecule has 0 saturated carbocycles. The van der Waals surface area contributed by atoms with Gasteiger partial charge in [-0.3, -0.25) is 4.90 Å². The summed E-state index contributed by atoms with van der Waals surface area (Å²) in [5.74, 6) is 0.560. The maximum absolute atomic E-state index is 5.61. The lowest BCUT2D eigenvalue weighted by atomic mass is 10.1. The summed E-state index contributed by atoms with van der Waals surface area (Å²) in [5.41, 5.74) is 7.74. The fourth-order valence-corrected chi connectivity index (χ4v) is 3.11. The van der Waals surface area contributed by atoms with Crippen molar-refractivity contribution in [1.82, 2.24) is 19.5 Å². The Morgan fingerprint density at radius 1 is 1.33 bits per heavy atom. The van der Waals surface area contributed by atoms with E-state index >= 15 is 0 Å². The lowest BCUT2D eigenvalue weighted by molar-refractivity contribution is 0.273. The van der Waals surface area contributed by atoms with E-state index in [4.69, 9.17) is 5.73 Å². The molecule has 1 atom stereocenters. The molecule has 3 N–H and O–H groups in total. The van der Waals surface area contributed by atoms with Crippen LogP contribution in [0.2, 0.25) is 0 Å². The van der Waals surface area contributed by atoms with Crippen molar-refractivity contribution in [3.63, 3.8) is 0 Å². The standard InChI is InChI=1S/C14H20N6S/c15-14-4-3-12(8-16-14)17-11-2-1-6-20(7-5-11)9-13-10-21-19-18-13/h3-4,8,10-11,17H,1-2,5-7,9H2,(H2,15,16). The summed E-state index contributed by atoms with van der Waals surface area (Å²) in [4.78, 5) is 6.58.